The van der Waals surface area contributed by atoms with Gasteiger partial charge in [0.05, 0.1) is 6.04 Å². The Balaban J connectivity index is 2.17. The van der Waals surface area contributed by atoms with E-state index >= 15 is 0 Å². The molecule has 2 aromatic rings. The molecule has 1 aliphatic rings. The van der Waals surface area contributed by atoms with Crippen molar-refractivity contribution in [3.8, 4) is 0 Å². The first-order valence-electron chi connectivity index (χ1n) is 6.33. The quantitative estimate of drug-likeness (QED) is 0.892. The number of nitrogens with zero attached hydrogens (tertiary/aromatic N) is 3. The van der Waals surface area contributed by atoms with Crippen molar-refractivity contribution in [2.45, 2.75) is 39.2 Å². The molecule has 1 atom stereocenters. The molecule has 1 N–H and O–H groups in total. The number of hydrogen-bond donors (Lipinski definition) is 1. The van der Waals surface area contributed by atoms with Crippen LogP contribution >= 0.6 is 11.3 Å². The highest BCUT2D eigenvalue weighted by molar-refractivity contribution is 7.16. The number of hydrogen-bond acceptors (Lipinski definition) is 5. The van der Waals surface area contributed by atoms with Gasteiger partial charge in [0.2, 0.25) is 4.96 Å². The smallest absolute Gasteiger partial charge is 0.278 e. The molecule has 3 rings (SSSR count). The Kier molecular flexibility index (Phi) is 2.91. The topological polar surface area (TPSA) is 59.3 Å². The van der Waals surface area contributed by atoms with E-state index in [9.17, 15) is 4.79 Å². The predicted molar refractivity (Wildman–Crippen MR) is 71.2 cm³/mol. The van der Waals surface area contributed by atoms with Crippen molar-refractivity contribution in [1.29, 1.82) is 0 Å². The van der Waals surface area contributed by atoms with Crippen LogP contribution < -0.4 is 10.9 Å². The van der Waals surface area contributed by atoms with Crippen LogP contribution in [0.25, 0.3) is 4.96 Å². The molecule has 3 heterocycles. The Bertz CT molecular complexity index is 639. The van der Waals surface area contributed by atoms with E-state index < -0.39 is 0 Å². The van der Waals surface area contributed by atoms with Crippen LogP contribution in [-0.2, 0) is 6.42 Å². The van der Waals surface area contributed by atoms with Crippen molar-refractivity contribution in [3.63, 3.8) is 0 Å². The van der Waals surface area contributed by atoms with Crippen LogP contribution in [0, 0.1) is 6.92 Å². The molecule has 0 amide bonds. The molecule has 5 nitrogen and oxygen atoms in total. The molecular weight excluding hydrogens is 248 g/mol. The normalized spacial score (nSPS) is 19.8. The van der Waals surface area contributed by atoms with E-state index in [1.54, 1.807) is 0 Å². The summed E-state index contributed by atoms with van der Waals surface area (Å²) in [5.41, 5.74) is 1.58. The number of rotatable bonds is 2. The summed E-state index contributed by atoms with van der Waals surface area (Å²) in [5, 5.41) is 8.82. The molecule has 0 aromatic carbocycles. The minimum absolute atomic E-state index is 0.0134. The lowest BCUT2D eigenvalue weighted by molar-refractivity contribution is 0.627. The van der Waals surface area contributed by atoms with E-state index in [1.165, 1.54) is 22.3 Å². The highest BCUT2D eigenvalue weighted by atomic mass is 32.1. The zero-order valence-electron chi connectivity index (χ0n) is 10.6. The summed E-state index contributed by atoms with van der Waals surface area (Å²) in [6.07, 6.45) is 2.96. The van der Waals surface area contributed by atoms with Gasteiger partial charge in [0.15, 0.2) is 0 Å². The lowest BCUT2D eigenvalue weighted by Gasteiger charge is -2.02. The maximum absolute atomic E-state index is 12.3. The summed E-state index contributed by atoms with van der Waals surface area (Å²) >= 11 is 1.52. The molecule has 1 fully saturated rings. The standard InChI is InChI=1S/C12H16N4OS/c1-3-8-7(2)14-12-16(11(8)17)15-10(18-12)9-5-4-6-13-9/h9,13H,3-6H2,1-2H3. The Labute approximate surface area is 109 Å². The minimum atomic E-state index is -0.0134. The third-order valence-electron chi connectivity index (χ3n) is 3.44. The average Bonchev–Trinajstić information content (AvgIpc) is 2.96. The van der Waals surface area contributed by atoms with E-state index in [-0.39, 0.29) is 5.56 Å². The molecule has 0 aliphatic carbocycles. The van der Waals surface area contributed by atoms with Gasteiger partial charge in [-0.3, -0.25) is 4.79 Å². The van der Waals surface area contributed by atoms with Crippen LogP contribution in [0.2, 0.25) is 0 Å². The van der Waals surface area contributed by atoms with Crippen LogP contribution in [0.5, 0.6) is 0 Å². The average molecular weight is 264 g/mol. The molecule has 18 heavy (non-hydrogen) atoms. The molecule has 0 spiro atoms. The van der Waals surface area contributed by atoms with Gasteiger partial charge in [-0.25, -0.2) is 4.98 Å². The number of nitrogens with one attached hydrogen (secondary N) is 1. The second-order valence-corrected chi connectivity index (χ2v) is 5.61. The first-order valence-corrected chi connectivity index (χ1v) is 7.15. The van der Waals surface area contributed by atoms with Gasteiger partial charge in [-0.1, -0.05) is 18.3 Å². The van der Waals surface area contributed by atoms with Crippen molar-refractivity contribution in [2.24, 2.45) is 0 Å². The first-order chi connectivity index (χ1) is 8.70. The minimum Gasteiger partial charge on any atom is -0.308 e. The van der Waals surface area contributed by atoms with E-state index in [0.29, 0.717) is 17.4 Å². The fourth-order valence-electron chi connectivity index (χ4n) is 2.44. The molecule has 0 bridgehead atoms. The summed E-state index contributed by atoms with van der Waals surface area (Å²) in [7, 11) is 0. The molecule has 6 heteroatoms. The van der Waals surface area contributed by atoms with Gasteiger partial charge < -0.3 is 5.32 Å². The largest absolute Gasteiger partial charge is 0.308 e. The van der Waals surface area contributed by atoms with Gasteiger partial charge in [-0.05, 0) is 32.7 Å². The summed E-state index contributed by atoms with van der Waals surface area (Å²) in [5.74, 6) is 0. The van der Waals surface area contributed by atoms with Crippen molar-refractivity contribution in [3.05, 3.63) is 26.6 Å². The monoisotopic (exact) mass is 264 g/mol. The number of aryl methyl sites for hydroxylation is 1. The summed E-state index contributed by atoms with van der Waals surface area (Å²) < 4.78 is 1.46. The third-order valence-corrected chi connectivity index (χ3v) is 4.46. The molecule has 0 radical (unpaired) electrons. The van der Waals surface area contributed by atoms with Gasteiger partial charge in [-0.2, -0.15) is 9.61 Å². The van der Waals surface area contributed by atoms with E-state index in [2.05, 4.69) is 15.4 Å². The van der Waals surface area contributed by atoms with E-state index in [1.807, 2.05) is 13.8 Å². The van der Waals surface area contributed by atoms with Gasteiger partial charge >= 0.3 is 0 Å². The Morgan fingerprint density at radius 3 is 3.06 bits per heavy atom. The second kappa shape index (κ2) is 4.44. The van der Waals surface area contributed by atoms with Crippen molar-refractivity contribution < 1.29 is 0 Å². The predicted octanol–water partition coefficient (Wildman–Crippen LogP) is 1.45. The van der Waals surface area contributed by atoms with Crippen LogP contribution in [0.15, 0.2) is 4.79 Å². The van der Waals surface area contributed by atoms with Gasteiger partial charge in [-0.15, -0.1) is 0 Å². The second-order valence-electron chi connectivity index (χ2n) is 4.62. The maximum Gasteiger partial charge on any atom is 0.278 e. The molecule has 96 valence electrons. The van der Waals surface area contributed by atoms with Crippen LogP contribution in [0.1, 0.15) is 42.1 Å². The number of aromatic nitrogens is 3. The molecular formula is C12H16N4OS. The molecule has 0 saturated carbocycles. The summed E-state index contributed by atoms with van der Waals surface area (Å²) in [6.45, 7) is 4.90. The SMILES string of the molecule is CCc1c(C)nc2sc(C3CCCN3)nn2c1=O. The van der Waals surface area contributed by atoms with Crippen molar-refractivity contribution in [2.75, 3.05) is 6.54 Å². The first kappa shape index (κ1) is 11.8. The Hall–Kier alpha value is -1.27. The fourth-order valence-corrected chi connectivity index (χ4v) is 3.48. The van der Waals surface area contributed by atoms with Gasteiger partial charge in [0, 0.05) is 11.3 Å². The van der Waals surface area contributed by atoms with Crippen molar-refractivity contribution >= 4 is 16.3 Å². The zero-order chi connectivity index (χ0) is 12.7. The highest BCUT2D eigenvalue weighted by Crippen LogP contribution is 2.26. The Morgan fingerprint density at radius 2 is 2.39 bits per heavy atom. The fraction of sp³-hybridized carbons (Fsp3) is 0.583. The highest BCUT2D eigenvalue weighted by Gasteiger charge is 2.21. The molecule has 1 aliphatic heterocycles. The van der Waals surface area contributed by atoms with Crippen LogP contribution in [0.4, 0.5) is 0 Å². The van der Waals surface area contributed by atoms with E-state index in [4.69, 9.17) is 0 Å². The van der Waals surface area contributed by atoms with E-state index in [0.717, 1.165) is 29.2 Å². The van der Waals surface area contributed by atoms with Gasteiger partial charge in [0.1, 0.15) is 5.01 Å². The van der Waals surface area contributed by atoms with Gasteiger partial charge in [0.25, 0.3) is 5.56 Å². The Morgan fingerprint density at radius 1 is 1.56 bits per heavy atom. The van der Waals surface area contributed by atoms with Crippen molar-refractivity contribution in [1.82, 2.24) is 19.9 Å². The zero-order valence-corrected chi connectivity index (χ0v) is 11.4. The lowest BCUT2D eigenvalue weighted by Crippen LogP contribution is -2.21. The molecule has 1 saturated heterocycles. The molecule has 1 unspecified atom stereocenters. The number of fused-ring (bicyclic) bond motifs is 1. The van der Waals surface area contributed by atoms with Crippen LogP contribution in [-0.4, -0.2) is 21.1 Å². The lowest BCUT2D eigenvalue weighted by atomic mass is 10.2. The maximum atomic E-state index is 12.3. The summed E-state index contributed by atoms with van der Waals surface area (Å²) in [4.78, 5) is 17.5. The van der Waals surface area contributed by atoms with Crippen LogP contribution in [0.3, 0.4) is 0 Å². The molecule has 2 aromatic heterocycles. The third kappa shape index (κ3) is 1.76. The summed E-state index contributed by atoms with van der Waals surface area (Å²) in [6, 6.07) is 0.293.